The quantitative estimate of drug-likeness (QED) is 0.736. The van der Waals surface area contributed by atoms with Gasteiger partial charge in [0.15, 0.2) is 0 Å². The Morgan fingerprint density at radius 1 is 1.12 bits per heavy atom. The fourth-order valence-corrected chi connectivity index (χ4v) is 3.33. The van der Waals surface area contributed by atoms with Crippen LogP contribution in [0.15, 0.2) is 53.1 Å². The molecule has 0 saturated carbocycles. The second-order valence-electron chi connectivity index (χ2n) is 6.81. The van der Waals surface area contributed by atoms with Crippen molar-refractivity contribution < 1.29 is 4.52 Å². The van der Waals surface area contributed by atoms with Gasteiger partial charge in [0.2, 0.25) is 11.7 Å². The van der Waals surface area contributed by atoms with Gasteiger partial charge >= 0.3 is 0 Å². The van der Waals surface area contributed by atoms with Gasteiger partial charge in [-0.3, -0.25) is 4.90 Å². The third-order valence-corrected chi connectivity index (χ3v) is 4.69. The van der Waals surface area contributed by atoms with Crippen molar-refractivity contribution in [2.24, 2.45) is 5.92 Å². The number of pyridine rings is 1. The number of likely N-dealkylation sites (tertiary alicyclic amines) is 1. The van der Waals surface area contributed by atoms with Gasteiger partial charge in [0.25, 0.3) is 0 Å². The van der Waals surface area contributed by atoms with Crippen LogP contribution in [0.3, 0.4) is 0 Å². The van der Waals surface area contributed by atoms with Gasteiger partial charge in [-0.1, -0.05) is 41.6 Å². The predicted molar refractivity (Wildman–Crippen MR) is 101 cm³/mol. The number of nitrogens with zero attached hydrogens (tertiary/aromatic N) is 4. The Labute approximate surface area is 153 Å². The monoisotopic (exact) mass is 349 g/mol. The van der Waals surface area contributed by atoms with E-state index in [1.54, 1.807) is 0 Å². The summed E-state index contributed by atoms with van der Waals surface area (Å²) < 4.78 is 5.43. The molecule has 26 heavy (non-hydrogen) atoms. The molecule has 1 aromatic carbocycles. The molecular weight excluding hydrogens is 326 g/mol. The molecule has 1 fully saturated rings. The van der Waals surface area contributed by atoms with E-state index in [1.165, 1.54) is 6.42 Å². The van der Waals surface area contributed by atoms with E-state index in [1.807, 2.05) is 55.5 Å². The first-order valence-electron chi connectivity index (χ1n) is 9.04. The number of rotatable bonds is 6. The molecule has 134 valence electrons. The van der Waals surface area contributed by atoms with Gasteiger partial charge in [-0.25, -0.2) is 4.98 Å². The van der Waals surface area contributed by atoms with Crippen molar-refractivity contribution in [3.63, 3.8) is 0 Å². The smallest absolute Gasteiger partial charge is 0.241 e. The lowest BCUT2D eigenvalue weighted by Gasteiger charge is -2.14. The highest BCUT2D eigenvalue weighted by Gasteiger charge is 2.24. The molecular formula is C20H23N5O. The average Bonchev–Trinajstić information content (AvgIpc) is 3.31. The summed E-state index contributed by atoms with van der Waals surface area (Å²) in [5.41, 5.74) is 2.02. The van der Waals surface area contributed by atoms with Crippen LogP contribution in [0.5, 0.6) is 0 Å². The average molecular weight is 349 g/mol. The topological polar surface area (TPSA) is 67.1 Å². The van der Waals surface area contributed by atoms with Crippen molar-refractivity contribution in [1.29, 1.82) is 0 Å². The fraction of sp³-hybridized carbons (Fsp3) is 0.350. The van der Waals surface area contributed by atoms with Crippen LogP contribution < -0.4 is 5.32 Å². The highest BCUT2D eigenvalue weighted by Crippen LogP contribution is 2.20. The van der Waals surface area contributed by atoms with Crippen molar-refractivity contribution in [2.75, 3.05) is 25.0 Å². The summed E-state index contributed by atoms with van der Waals surface area (Å²) in [5.74, 6) is 2.89. The molecule has 0 spiro atoms. The molecule has 3 heterocycles. The molecule has 0 unspecified atom stereocenters. The van der Waals surface area contributed by atoms with Gasteiger partial charge < -0.3 is 9.84 Å². The normalized spacial score (nSPS) is 17.5. The Kier molecular flexibility index (Phi) is 4.93. The van der Waals surface area contributed by atoms with Crippen molar-refractivity contribution in [3.05, 3.63) is 60.1 Å². The summed E-state index contributed by atoms with van der Waals surface area (Å²) >= 11 is 0. The van der Waals surface area contributed by atoms with Crippen LogP contribution in [0.2, 0.25) is 0 Å². The second-order valence-corrected chi connectivity index (χ2v) is 6.81. The molecule has 1 aliphatic heterocycles. The van der Waals surface area contributed by atoms with E-state index < -0.39 is 0 Å². The van der Waals surface area contributed by atoms with E-state index in [9.17, 15) is 0 Å². The summed E-state index contributed by atoms with van der Waals surface area (Å²) in [4.78, 5) is 11.4. The molecule has 6 heteroatoms. The summed E-state index contributed by atoms with van der Waals surface area (Å²) in [6.45, 7) is 5.74. The third-order valence-electron chi connectivity index (χ3n) is 4.69. The summed E-state index contributed by atoms with van der Waals surface area (Å²) in [5, 5.41) is 7.55. The molecule has 6 nitrogen and oxygen atoms in total. The first-order chi connectivity index (χ1) is 12.8. The molecule has 1 N–H and O–H groups in total. The molecule has 0 aliphatic carbocycles. The predicted octanol–water partition coefficient (Wildman–Crippen LogP) is 3.37. The molecule has 3 aromatic rings. The lowest BCUT2D eigenvalue weighted by Crippen LogP contribution is -2.23. The number of hydrogen-bond donors (Lipinski definition) is 1. The van der Waals surface area contributed by atoms with Crippen LogP contribution >= 0.6 is 0 Å². The molecule has 2 aromatic heterocycles. The van der Waals surface area contributed by atoms with E-state index in [2.05, 4.69) is 25.3 Å². The number of hydrogen-bond acceptors (Lipinski definition) is 6. The summed E-state index contributed by atoms with van der Waals surface area (Å²) in [7, 11) is 0. The Balaban J connectivity index is 1.29. The van der Waals surface area contributed by atoms with E-state index in [-0.39, 0.29) is 0 Å². The lowest BCUT2D eigenvalue weighted by molar-refractivity contribution is 0.261. The number of nitrogens with one attached hydrogen (secondary N) is 1. The largest absolute Gasteiger partial charge is 0.370 e. The third kappa shape index (κ3) is 4.08. The van der Waals surface area contributed by atoms with E-state index in [0.29, 0.717) is 24.2 Å². The molecule has 1 atom stereocenters. The standard InChI is InChI=1S/C20H23N5O/c1-15-6-5-9-18(22-15)21-12-16-10-11-25(13-16)14-19-23-20(24-26-19)17-7-3-2-4-8-17/h2-9,16H,10-14H2,1H3,(H,21,22)/t16-/m0/s1. The van der Waals surface area contributed by atoms with Crippen LogP contribution in [-0.4, -0.2) is 39.7 Å². The van der Waals surface area contributed by atoms with Crippen LogP contribution in [0.4, 0.5) is 5.82 Å². The molecule has 1 saturated heterocycles. The summed E-state index contributed by atoms with van der Waals surface area (Å²) in [6.07, 6.45) is 1.17. The van der Waals surface area contributed by atoms with Crippen molar-refractivity contribution >= 4 is 5.82 Å². The minimum Gasteiger partial charge on any atom is -0.370 e. The van der Waals surface area contributed by atoms with Gasteiger partial charge in [0, 0.05) is 24.3 Å². The van der Waals surface area contributed by atoms with E-state index >= 15 is 0 Å². The van der Waals surface area contributed by atoms with Crippen LogP contribution in [0.25, 0.3) is 11.4 Å². The van der Waals surface area contributed by atoms with Gasteiger partial charge in [-0.05, 0) is 37.9 Å². The Hall–Kier alpha value is -2.73. The van der Waals surface area contributed by atoms with Gasteiger partial charge in [0.1, 0.15) is 5.82 Å². The molecule has 0 bridgehead atoms. The highest BCUT2D eigenvalue weighted by atomic mass is 16.5. The zero-order valence-corrected chi connectivity index (χ0v) is 14.9. The zero-order chi connectivity index (χ0) is 17.8. The molecule has 4 rings (SSSR count). The Bertz CT molecular complexity index is 848. The first kappa shape index (κ1) is 16.7. The Morgan fingerprint density at radius 3 is 2.85 bits per heavy atom. The number of anilines is 1. The lowest BCUT2D eigenvalue weighted by atomic mass is 10.1. The van der Waals surface area contributed by atoms with Crippen LogP contribution in [0, 0.1) is 12.8 Å². The minimum atomic E-state index is 0.605. The molecule has 1 aliphatic rings. The van der Waals surface area contributed by atoms with Crippen molar-refractivity contribution in [2.45, 2.75) is 19.9 Å². The van der Waals surface area contributed by atoms with Crippen molar-refractivity contribution in [1.82, 2.24) is 20.0 Å². The first-order valence-corrected chi connectivity index (χ1v) is 9.04. The zero-order valence-electron chi connectivity index (χ0n) is 14.9. The van der Waals surface area contributed by atoms with E-state index in [0.717, 1.165) is 36.7 Å². The fourth-order valence-electron chi connectivity index (χ4n) is 3.33. The maximum Gasteiger partial charge on any atom is 0.241 e. The van der Waals surface area contributed by atoms with Crippen molar-refractivity contribution in [3.8, 4) is 11.4 Å². The maximum atomic E-state index is 5.43. The Morgan fingerprint density at radius 2 is 2.00 bits per heavy atom. The number of aromatic nitrogens is 3. The van der Waals surface area contributed by atoms with Crippen LogP contribution in [0.1, 0.15) is 18.0 Å². The highest BCUT2D eigenvalue weighted by molar-refractivity contribution is 5.53. The minimum absolute atomic E-state index is 0.605. The molecule has 0 radical (unpaired) electrons. The van der Waals surface area contributed by atoms with Gasteiger partial charge in [-0.15, -0.1) is 0 Å². The number of aryl methyl sites for hydroxylation is 1. The summed E-state index contributed by atoms with van der Waals surface area (Å²) in [6, 6.07) is 16.0. The van der Waals surface area contributed by atoms with Gasteiger partial charge in [-0.2, -0.15) is 4.98 Å². The van der Waals surface area contributed by atoms with Crippen LogP contribution in [-0.2, 0) is 6.54 Å². The number of benzene rings is 1. The molecule has 0 amide bonds. The maximum absolute atomic E-state index is 5.43. The SMILES string of the molecule is Cc1cccc(NC[C@@H]2CCN(Cc3nc(-c4ccccc4)no3)C2)n1. The second kappa shape index (κ2) is 7.66. The van der Waals surface area contributed by atoms with Gasteiger partial charge in [0.05, 0.1) is 6.54 Å². The van der Waals surface area contributed by atoms with E-state index in [4.69, 9.17) is 4.52 Å².